The molecule has 1 aromatic carbocycles. The minimum Gasteiger partial charge on any atom is -0.353 e. The van der Waals surface area contributed by atoms with Crippen LogP contribution in [0.15, 0.2) is 23.1 Å². The fourth-order valence-corrected chi connectivity index (χ4v) is 4.31. The first-order valence-corrected chi connectivity index (χ1v) is 9.66. The van der Waals surface area contributed by atoms with Crippen LogP contribution in [0.1, 0.15) is 33.6 Å². The summed E-state index contributed by atoms with van der Waals surface area (Å²) in [7, 11) is -3.89. The van der Waals surface area contributed by atoms with Crippen molar-refractivity contribution in [2.75, 3.05) is 13.1 Å². The van der Waals surface area contributed by atoms with E-state index in [2.05, 4.69) is 5.32 Å². The Hall–Kier alpha value is -0.820. The highest BCUT2D eigenvalue weighted by Crippen LogP contribution is 2.27. The summed E-state index contributed by atoms with van der Waals surface area (Å²) in [5.74, 6) is -0.338. The van der Waals surface area contributed by atoms with Gasteiger partial charge in [-0.05, 0) is 31.5 Å². The molecular formula is C15H22Cl2N2O3S. The molecular weight excluding hydrogens is 359 g/mol. The average molecular weight is 381 g/mol. The number of carbonyl (C=O) groups excluding carboxylic acids is 1. The molecule has 1 aromatic rings. The third-order valence-corrected chi connectivity index (χ3v) is 5.95. The highest BCUT2D eigenvalue weighted by atomic mass is 35.5. The largest absolute Gasteiger partial charge is 0.353 e. The van der Waals surface area contributed by atoms with Gasteiger partial charge in [0.1, 0.15) is 4.90 Å². The van der Waals surface area contributed by atoms with Gasteiger partial charge in [0, 0.05) is 17.6 Å². The van der Waals surface area contributed by atoms with Crippen molar-refractivity contribution in [1.82, 2.24) is 9.62 Å². The van der Waals surface area contributed by atoms with Crippen molar-refractivity contribution < 1.29 is 13.2 Å². The Bertz CT molecular complexity index is 650. The molecule has 0 aliphatic carbocycles. The number of amides is 1. The predicted molar refractivity (Wildman–Crippen MR) is 93.4 cm³/mol. The smallest absolute Gasteiger partial charge is 0.245 e. The van der Waals surface area contributed by atoms with Crippen LogP contribution in [0.3, 0.4) is 0 Å². The molecule has 0 aliphatic heterocycles. The molecule has 1 N–H and O–H groups in total. The van der Waals surface area contributed by atoms with Crippen molar-refractivity contribution >= 4 is 39.1 Å². The van der Waals surface area contributed by atoms with Gasteiger partial charge in [-0.15, -0.1) is 0 Å². The quantitative estimate of drug-likeness (QED) is 0.751. The van der Waals surface area contributed by atoms with Crippen LogP contribution in [0.5, 0.6) is 0 Å². The first kappa shape index (κ1) is 20.2. The van der Waals surface area contributed by atoms with Crippen molar-refractivity contribution in [3.8, 4) is 0 Å². The second-order valence-electron chi connectivity index (χ2n) is 5.26. The van der Waals surface area contributed by atoms with Crippen LogP contribution in [0.4, 0.5) is 0 Å². The maximum atomic E-state index is 12.7. The van der Waals surface area contributed by atoms with Crippen molar-refractivity contribution in [3.63, 3.8) is 0 Å². The molecule has 0 unspecified atom stereocenters. The highest BCUT2D eigenvalue weighted by molar-refractivity contribution is 7.89. The van der Waals surface area contributed by atoms with Crippen LogP contribution in [0, 0.1) is 0 Å². The summed E-state index contributed by atoms with van der Waals surface area (Å²) < 4.78 is 26.5. The Morgan fingerprint density at radius 3 is 2.52 bits per heavy atom. The molecule has 1 atom stereocenters. The van der Waals surface area contributed by atoms with Gasteiger partial charge in [-0.1, -0.05) is 43.5 Å². The van der Waals surface area contributed by atoms with E-state index in [9.17, 15) is 13.2 Å². The minimum atomic E-state index is -3.89. The lowest BCUT2D eigenvalue weighted by atomic mass is 10.2. The topological polar surface area (TPSA) is 66.5 Å². The Kier molecular flexibility index (Phi) is 7.80. The fourth-order valence-electron chi connectivity index (χ4n) is 2.17. The first-order chi connectivity index (χ1) is 10.7. The second-order valence-corrected chi connectivity index (χ2v) is 8.01. The average Bonchev–Trinajstić information content (AvgIpc) is 2.47. The number of hydrogen-bond donors (Lipinski definition) is 1. The fraction of sp³-hybridized carbons (Fsp3) is 0.533. The molecule has 1 amide bonds. The molecule has 0 saturated carbocycles. The lowest BCUT2D eigenvalue weighted by molar-refractivity contribution is -0.121. The third kappa shape index (κ3) is 5.64. The first-order valence-electron chi connectivity index (χ1n) is 7.46. The molecule has 130 valence electrons. The molecule has 0 bridgehead atoms. The van der Waals surface area contributed by atoms with E-state index < -0.39 is 10.0 Å². The summed E-state index contributed by atoms with van der Waals surface area (Å²) in [5.41, 5.74) is 0. The van der Waals surface area contributed by atoms with E-state index >= 15 is 0 Å². The molecule has 0 fully saturated rings. The third-order valence-electron chi connectivity index (χ3n) is 3.31. The van der Waals surface area contributed by atoms with Gasteiger partial charge in [0.2, 0.25) is 15.9 Å². The molecule has 1 rings (SSSR count). The van der Waals surface area contributed by atoms with Gasteiger partial charge in [0.15, 0.2) is 0 Å². The Morgan fingerprint density at radius 2 is 1.96 bits per heavy atom. The van der Waals surface area contributed by atoms with Gasteiger partial charge >= 0.3 is 0 Å². The number of halogens is 2. The normalized spacial score (nSPS) is 13.1. The number of carbonyl (C=O) groups is 1. The van der Waals surface area contributed by atoms with Crippen molar-refractivity contribution in [2.24, 2.45) is 0 Å². The molecule has 0 saturated heterocycles. The van der Waals surface area contributed by atoms with Crippen molar-refractivity contribution in [3.05, 3.63) is 28.2 Å². The number of likely N-dealkylation sites (N-methyl/N-ethyl adjacent to an activating group) is 1. The lowest BCUT2D eigenvalue weighted by Crippen LogP contribution is -2.43. The summed E-state index contributed by atoms with van der Waals surface area (Å²) in [5, 5.41) is 3.14. The van der Waals surface area contributed by atoms with E-state index in [1.807, 2.05) is 13.8 Å². The zero-order valence-corrected chi connectivity index (χ0v) is 15.8. The van der Waals surface area contributed by atoms with Crippen LogP contribution in [-0.2, 0) is 14.8 Å². The zero-order valence-electron chi connectivity index (χ0n) is 13.5. The molecule has 23 heavy (non-hydrogen) atoms. The summed E-state index contributed by atoms with van der Waals surface area (Å²) in [6.07, 6.45) is 1.78. The maximum absolute atomic E-state index is 12.7. The Labute approximate surface area is 148 Å². The Morgan fingerprint density at radius 1 is 1.30 bits per heavy atom. The van der Waals surface area contributed by atoms with Crippen LogP contribution in [-0.4, -0.2) is 37.8 Å². The molecule has 0 spiro atoms. The van der Waals surface area contributed by atoms with Crippen LogP contribution < -0.4 is 5.32 Å². The summed E-state index contributed by atoms with van der Waals surface area (Å²) in [4.78, 5) is 12.0. The van der Waals surface area contributed by atoms with E-state index in [-0.39, 0.29) is 40.0 Å². The Balaban J connectivity index is 2.95. The highest BCUT2D eigenvalue weighted by Gasteiger charge is 2.28. The van der Waals surface area contributed by atoms with Gasteiger partial charge in [-0.25, -0.2) is 8.42 Å². The van der Waals surface area contributed by atoms with Crippen LogP contribution >= 0.6 is 23.2 Å². The van der Waals surface area contributed by atoms with Gasteiger partial charge in [0.25, 0.3) is 0 Å². The number of nitrogens with one attached hydrogen (secondary N) is 1. The minimum absolute atomic E-state index is 0.00340. The van der Waals surface area contributed by atoms with E-state index in [1.165, 1.54) is 18.2 Å². The number of hydrogen-bond acceptors (Lipinski definition) is 3. The van der Waals surface area contributed by atoms with Gasteiger partial charge in [-0.2, -0.15) is 4.31 Å². The molecule has 5 nitrogen and oxygen atoms in total. The number of benzene rings is 1. The van der Waals surface area contributed by atoms with Crippen LogP contribution in [0.2, 0.25) is 10.0 Å². The summed E-state index contributed by atoms with van der Waals surface area (Å²) in [6.45, 7) is 5.47. The van der Waals surface area contributed by atoms with E-state index in [4.69, 9.17) is 23.2 Å². The van der Waals surface area contributed by atoms with Crippen molar-refractivity contribution in [1.29, 1.82) is 0 Å². The van der Waals surface area contributed by atoms with Crippen molar-refractivity contribution in [2.45, 2.75) is 44.6 Å². The zero-order chi connectivity index (χ0) is 17.6. The van der Waals surface area contributed by atoms with Gasteiger partial charge in [0.05, 0.1) is 11.6 Å². The molecule has 0 radical (unpaired) electrons. The second kappa shape index (κ2) is 8.87. The number of sulfonamides is 1. The van der Waals surface area contributed by atoms with E-state index in [0.29, 0.717) is 0 Å². The summed E-state index contributed by atoms with van der Waals surface area (Å²) in [6, 6.07) is 4.23. The standard InChI is InChI=1S/C15H22Cl2N2O3S/c1-4-6-11(3)18-15(20)10-19(5-2)23(21,22)14-9-12(16)7-8-13(14)17/h7-9,11H,4-6,10H2,1-3H3,(H,18,20)/t11-/m1/s1. The number of rotatable bonds is 8. The van der Waals surface area contributed by atoms with E-state index in [1.54, 1.807) is 6.92 Å². The lowest BCUT2D eigenvalue weighted by Gasteiger charge is -2.22. The monoisotopic (exact) mass is 380 g/mol. The van der Waals surface area contributed by atoms with Gasteiger partial charge < -0.3 is 5.32 Å². The predicted octanol–water partition coefficient (Wildman–Crippen LogP) is 3.31. The maximum Gasteiger partial charge on any atom is 0.245 e. The van der Waals surface area contributed by atoms with Gasteiger partial charge in [-0.3, -0.25) is 4.79 Å². The van der Waals surface area contributed by atoms with Crippen LogP contribution in [0.25, 0.3) is 0 Å². The molecule has 8 heteroatoms. The molecule has 0 heterocycles. The summed E-state index contributed by atoms with van der Waals surface area (Å²) >= 11 is 11.8. The SMILES string of the molecule is CCC[C@@H](C)NC(=O)CN(CC)S(=O)(=O)c1cc(Cl)ccc1Cl. The molecule has 0 aliphatic rings. The number of nitrogens with zero attached hydrogens (tertiary/aromatic N) is 1. The van der Waals surface area contributed by atoms with E-state index in [0.717, 1.165) is 17.1 Å². The molecule has 0 aromatic heterocycles.